The summed E-state index contributed by atoms with van der Waals surface area (Å²) in [5, 5.41) is 11.4. The molecule has 2 aromatic rings. The predicted molar refractivity (Wildman–Crippen MR) is 90.1 cm³/mol. The van der Waals surface area contributed by atoms with E-state index in [0.717, 1.165) is 44.5 Å². The van der Waals surface area contributed by atoms with Gasteiger partial charge in [0.2, 0.25) is 0 Å². The first-order chi connectivity index (χ1) is 11.3. The topological polar surface area (TPSA) is 71.8 Å². The highest BCUT2D eigenvalue weighted by Crippen LogP contribution is 2.29. The number of carbonyl (C=O) groups excluding carboxylic acids is 1. The fourth-order valence-electron chi connectivity index (χ4n) is 3.29. The van der Waals surface area contributed by atoms with Crippen LogP contribution in [0.3, 0.4) is 0 Å². The molecule has 2 aliphatic rings. The van der Waals surface area contributed by atoms with Crippen LogP contribution in [0.15, 0.2) is 12.3 Å². The summed E-state index contributed by atoms with van der Waals surface area (Å²) in [5.74, 6) is -0.168. The number of thiazole rings is 1. The number of amides is 1. The first kappa shape index (κ1) is 14.8. The molecule has 1 fully saturated rings. The van der Waals surface area contributed by atoms with Gasteiger partial charge in [0.05, 0.1) is 11.7 Å². The molecule has 1 saturated heterocycles. The van der Waals surface area contributed by atoms with E-state index >= 15 is 0 Å². The van der Waals surface area contributed by atoms with Crippen molar-refractivity contribution < 1.29 is 4.79 Å². The van der Waals surface area contributed by atoms with Gasteiger partial charge in [0, 0.05) is 17.6 Å². The fraction of sp³-hybridized carbons (Fsp3) is 0.562. The maximum absolute atomic E-state index is 12.4. The van der Waals surface area contributed by atoms with Gasteiger partial charge in [-0.05, 0) is 51.1 Å². The van der Waals surface area contributed by atoms with Crippen molar-refractivity contribution in [3.63, 3.8) is 0 Å². The molecular formula is C16H21N5OS. The molecule has 0 bridgehead atoms. The molecule has 3 heterocycles. The van der Waals surface area contributed by atoms with E-state index in [1.165, 1.54) is 17.7 Å². The van der Waals surface area contributed by atoms with Crippen LogP contribution in [0.5, 0.6) is 0 Å². The van der Waals surface area contributed by atoms with Crippen LogP contribution in [-0.2, 0) is 12.8 Å². The van der Waals surface area contributed by atoms with E-state index in [4.69, 9.17) is 0 Å². The quantitative estimate of drug-likeness (QED) is 0.906. The lowest BCUT2D eigenvalue weighted by molar-refractivity contribution is 0.102. The van der Waals surface area contributed by atoms with Gasteiger partial charge in [-0.2, -0.15) is 5.10 Å². The lowest BCUT2D eigenvalue weighted by Gasteiger charge is -2.22. The molecule has 122 valence electrons. The van der Waals surface area contributed by atoms with Crippen molar-refractivity contribution in [1.29, 1.82) is 0 Å². The lowest BCUT2D eigenvalue weighted by atomic mass is 10.0. The summed E-state index contributed by atoms with van der Waals surface area (Å²) < 4.78 is 1.91. The average molecular weight is 331 g/mol. The Morgan fingerprint density at radius 2 is 2.26 bits per heavy atom. The van der Waals surface area contributed by atoms with Crippen molar-refractivity contribution in [2.75, 3.05) is 18.4 Å². The van der Waals surface area contributed by atoms with Crippen molar-refractivity contribution in [3.05, 3.63) is 28.5 Å². The summed E-state index contributed by atoms with van der Waals surface area (Å²) in [7, 11) is 0. The van der Waals surface area contributed by atoms with E-state index in [1.54, 1.807) is 17.4 Å². The number of nitrogens with zero attached hydrogens (tertiary/aromatic N) is 3. The van der Waals surface area contributed by atoms with Gasteiger partial charge in [-0.1, -0.05) is 0 Å². The second-order valence-corrected chi connectivity index (χ2v) is 7.31. The summed E-state index contributed by atoms with van der Waals surface area (Å²) in [5.41, 5.74) is 1.62. The van der Waals surface area contributed by atoms with E-state index in [9.17, 15) is 4.79 Å². The maximum atomic E-state index is 12.4. The summed E-state index contributed by atoms with van der Waals surface area (Å²) in [6, 6.07) is 2.13. The van der Waals surface area contributed by atoms with Crippen LogP contribution < -0.4 is 10.6 Å². The smallest absolute Gasteiger partial charge is 0.277 e. The number of rotatable bonds is 3. The maximum Gasteiger partial charge on any atom is 0.277 e. The van der Waals surface area contributed by atoms with Crippen LogP contribution in [0.1, 0.15) is 52.8 Å². The largest absolute Gasteiger partial charge is 0.315 e. The molecule has 0 saturated carbocycles. The molecule has 6 nitrogen and oxygen atoms in total. The van der Waals surface area contributed by atoms with Crippen molar-refractivity contribution in [2.45, 2.75) is 44.6 Å². The highest BCUT2D eigenvalue weighted by Gasteiger charge is 2.20. The summed E-state index contributed by atoms with van der Waals surface area (Å²) in [4.78, 5) is 18.3. The Morgan fingerprint density at radius 1 is 1.35 bits per heavy atom. The molecule has 1 amide bonds. The van der Waals surface area contributed by atoms with Crippen LogP contribution in [0.2, 0.25) is 0 Å². The summed E-state index contributed by atoms with van der Waals surface area (Å²) in [6.45, 7) is 1.99. The van der Waals surface area contributed by atoms with Crippen LogP contribution in [0.4, 0.5) is 5.13 Å². The molecule has 2 aromatic heterocycles. The summed E-state index contributed by atoms with van der Waals surface area (Å²) in [6.07, 6.45) is 8.70. The molecule has 1 atom stereocenters. The third-order valence-electron chi connectivity index (χ3n) is 4.55. The number of fused-ring (bicyclic) bond motifs is 1. The zero-order valence-corrected chi connectivity index (χ0v) is 13.9. The zero-order valence-electron chi connectivity index (χ0n) is 13.0. The number of piperidine rings is 1. The lowest BCUT2D eigenvalue weighted by Crippen LogP contribution is -2.32. The number of hydrogen-bond acceptors (Lipinski definition) is 5. The SMILES string of the molecule is O=C(Nc1nc2c(s1)CCCC2)c1ccn(C2CCCNC2)n1. The van der Waals surface area contributed by atoms with Crippen LogP contribution >= 0.6 is 11.3 Å². The highest BCUT2D eigenvalue weighted by atomic mass is 32.1. The van der Waals surface area contributed by atoms with Gasteiger partial charge >= 0.3 is 0 Å². The van der Waals surface area contributed by atoms with Gasteiger partial charge in [0.25, 0.3) is 5.91 Å². The molecule has 1 aliphatic carbocycles. The van der Waals surface area contributed by atoms with E-state index in [0.29, 0.717) is 16.9 Å². The molecule has 7 heteroatoms. The normalized spacial score (nSPS) is 21.0. The third-order valence-corrected chi connectivity index (χ3v) is 5.62. The van der Waals surface area contributed by atoms with Crippen molar-refractivity contribution in [2.24, 2.45) is 0 Å². The number of carbonyl (C=O) groups is 1. The molecule has 1 aliphatic heterocycles. The minimum absolute atomic E-state index is 0.168. The Kier molecular flexibility index (Phi) is 4.13. The zero-order chi connectivity index (χ0) is 15.6. The van der Waals surface area contributed by atoms with Crippen molar-refractivity contribution in [3.8, 4) is 0 Å². The van der Waals surface area contributed by atoms with Gasteiger partial charge < -0.3 is 5.32 Å². The molecule has 1 unspecified atom stereocenters. The average Bonchev–Trinajstić information content (AvgIpc) is 3.22. The van der Waals surface area contributed by atoms with Gasteiger partial charge in [0.1, 0.15) is 0 Å². The Balaban J connectivity index is 1.44. The number of aryl methyl sites for hydroxylation is 2. The molecular weight excluding hydrogens is 310 g/mol. The predicted octanol–water partition coefficient (Wildman–Crippen LogP) is 2.40. The second-order valence-electron chi connectivity index (χ2n) is 6.23. The highest BCUT2D eigenvalue weighted by molar-refractivity contribution is 7.15. The fourth-order valence-corrected chi connectivity index (χ4v) is 4.33. The first-order valence-corrected chi connectivity index (χ1v) is 9.17. The summed E-state index contributed by atoms with van der Waals surface area (Å²) >= 11 is 1.61. The van der Waals surface area contributed by atoms with Gasteiger partial charge in [-0.15, -0.1) is 11.3 Å². The number of nitrogens with one attached hydrogen (secondary N) is 2. The minimum Gasteiger partial charge on any atom is -0.315 e. The minimum atomic E-state index is -0.168. The van der Waals surface area contributed by atoms with E-state index in [2.05, 4.69) is 20.7 Å². The molecule has 0 radical (unpaired) electrons. The van der Waals surface area contributed by atoms with Gasteiger partial charge in [-0.25, -0.2) is 4.98 Å². The number of anilines is 1. The van der Waals surface area contributed by atoms with Crippen LogP contribution in [-0.4, -0.2) is 33.8 Å². The molecule has 0 aromatic carbocycles. The monoisotopic (exact) mass is 331 g/mol. The first-order valence-electron chi connectivity index (χ1n) is 8.35. The second kappa shape index (κ2) is 6.41. The molecule has 4 rings (SSSR count). The van der Waals surface area contributed by atoms with Crippen LogP contribution in [0.25, 0.3) is 0 Å². The van der Waals surface area contributed by atoms with E-state index in [1.807, 2.05) is 10.9 Å². The Bertz CT molecular complexity index is 678. The van der Waals surface area contributed by atoms with E-state index in [-0.39, 0.29) is 5.91 Å². The number of hydrogen-bond donors (Lipinski definition) is 2. The van der Waals surface area contributed by atoms with Gasteiger partial charge in [0.15, 0.2) is 10.8 Å². The molecule has 23 heavy (non-hydrogen) atoms. The number of aromatic nitrogens is 3. The Morgan fingerprint density at radius 3 is 3.09 bits per heavy atom. The third kappa shape index (κ3) is 3.16. The van der Waals surface area contributed by atoms with Gasteiger partial charge in [-0.3, -0.25) is 14.8 Å². The standard InChI is InChI=1S/C16H21N5OS/c22-15(19-16-18-12-5-1-2-6-14(12)23-16)13-7-9-21(20-13)11-4-3-8-17-10-11/h7,9,11,17H,1-6,8,10H2,(H,18,19,22). The molecule has 2 N–H and O–H groups in total. The van der Waals surface area contributed by atoms with Crippen molar-refractivity contribution >= 4 is 22.4 Å². The Hall–Kier alpha value is -1.73. The van der Waals surface area contributed by atoms with Crippen molar-refractivity contribution in [1.82, 2.24) is 20.1 Å². The molecule has 0 spiro atoms. The van der Waals surface area contributed by atoms with Crippen LogP contribution in [0, 0.1) is 0 Å². The Labute approximate surface area is 139 Å². The van der Waals surface area contributed by atoms with E-state index < -0.39 is 0 Å².